The third-order valence-corrected chi connectivity index (χ3v) is 4.02. The molecule has 0 aliphatic carbocycles. The zero-order valence-corrected chi connectivity index (χ0v) is 15.2. The summed E-state index contributed by atoms with van der Waals surface area (Å²) in [6, 6.07) is 13.3. The van der Waals surface area contributed by atoms with E-state index in [1.165, 1.54) is 25.1 Å². The number of amides is 1. The van der Waals surface area contributed by atoms with Crippen molar-refractivity contribution < 1.29 is 14.3 Å². The molecular weight excluding hydrogens is 375 g/mol. The number of ether oxygens (including phenoxy) is 1. The molecule has 1 amide bonds. The fraction of sp³-hybridized carbons (Fsp3) is 0.105. The number of carbonyl (C=O) groups excluding carboxylic acids is 2. The molecule has 0 radical (unpaired) electrons. The summed E-state index contributed by atoms with van der Waals surface area (Å²) in [6.45, 7) is 1.45. The van der Waals surface area contributed by atoms with Crippen LogP contribution in [0.15, 0.2) is 48.5 Å². The lowest BCUT2D eigenvalue weighted by atomic mass is 10.2. The fourth-order valence-corrected chi connectivity index (χ4v) is 2.26. The lowest BCUT2D eigenvalue weighted by Gasteiger charge is -2.12. The second-order valence-electron chi connectivity index (χ2n) is 5.27. The summed E-state index contributed by atoms with van der Waals surface area (Å²) in [5.41, 5.74) is 1.53. The minimum Gasteiger partial charge on any atom is -0.449 e. The van der Waals surface area contributed by atoms with Gasteiger partial charge in [-0.25, -0.2) is 4.79 Å². The van der Waals surface area contributed by atoms with Gasteiger partial charge in [-0.05, 0) is 48.9 Å². The lowest BCUT2D eigenvalue weighted by Crippen LogP contribution is -2.29. The Hall–Kier alpha value is -2.81. The Morgan fingerprint density at radius 1 is 1.19 bits per heavy atom. The normalized spacial score (nSPS) is 11.6. The van der Waals surface area contributed by atoms with Gasteiger partial charge in [-0.1, -0.05) is 35.3 Å². The third-order valence-electron chi connectivity index (χ3n) is 3.28. The number of rotatable bonds is 5. The van der Waals surface area contributed by atoms with E-state index in [1.54, 1.807) is 36.4 Å². The summed E-state index contributed by atoms with van der Waals surface area (Å²) in [4.78, 5) is 23.9. The topological polar surface area (TPSA) is 79.2 Å². The highest BCUT2D eigenvalue weighted by Crippen LogP contribution is 2.23. The van der Waals surface area contributed by atoms with E-state index in [2.05, 4.69) is 5.32 Å². The van der Waals surface area contributed by atoms with Crippen LogP contribution in [0.2, 0.25) is 10.0 Å². The highest BCUT2D eigenvalue weighted by atomic mass is 35.5. The highest BCUT2D eigenvalue weighted by Gasteiger charge is 2.16. The zero-order valence-electron chi connectivity index (χ0n) is 13.7. The van der Waals surface area contributed by atoms with Gasteiger partial charge in [0.2, 0.25) is 0 Å². The van der Waals surface area contributed by atoms with Crippen molar-refractivity contribution in [2.45, 2.75) is 13.0 Å². The molecule has 1 N–H and O–H groups in total. The maximum atomic E-state index is 12.1. The van der Waals surface area contributed by atoms with Gasteiger partial charge in [0.25, 0.3) is 5.91 Å². The molecule has 0 spiro atoms. The molecule has 132 valence electrons. The summed E-state index contributed by atoms with van der Waals surface area (Å²) in [6.07, 6.45) is 1.69. The van der Waals surface area contributed by atoms with Crippen LogP contribution in [-0.2, 0) is 14.3 Å². The van der Waals surface area contributed by atoms with Gasteiger partial charge in [0, 0.05) is 11.8 Å². The van der Waals surface area contributed by atoms with Gasteiger partial charge in [0.15, 0.2) is 6.10 Å². The minimum atomic E-state index is -1.01. The van der Waals surface area contributed by atoms with E-state index in [-0.39, 0.29) is 0 Å². The van der Waals surface area contributed by atoms with Crippen LogP contribution in [0.1, 0.15) is 18.1 Å². The van der Waals surface area contributed by atoms with E-state index in [0.717, 1.165) is 0 Å². The van der Waals surface area contributed by atoms with Crippen LogP contribution in [0.4, 0.5) is 5.69 Å². The van der Waals surface area contributed by atoms with Gasteiger partial charge in [0.05, 0.1) is 21.7 Å². The summed E-state index contributed by atoms with van der Waals surface area (Å²) in [5, 5.41) is 12.2. The van der Waals surface area contributed by atoms with Crippen LogP contribution < -0.4 is 5.32 Å². The molecule has 0 saturated carbocycles. The van der Waals surface area contributed by atoms with E-state index < -0.39 is 18.0 Å². The van der Waals surface area contributed by atoms with E-state index in [9.17, 15) is 9.59 Å². The average Bonchev–Trinajstić information content (AvgIpc) is 2.62. The fourth-order valence-electron chi connectivity index (χ4n) is 1.96. The van der Waals surface area contributed by atoms with Gasteiger partial charge in [0.1, 0.15) is 0 Å². The van der Waals surface area contributed by atoms with E-state index in [4.69, 9.17) is 33.2 Å². The standard InChI is InChI=1S/C19H14Cl2N2O3/c1-12(19(25)23-15-4-2-3-14(9-15)11-22)26-18(24)8-6-13-5-7-16(20)17(21)10-13/h2-10,12H,1H3,(H,23,25)/b8-6+. The van der Waals surface area contributed by atoms with Crippen LogP contribution in [0.3, 0.4) is 0 Å². The van der Waals surface area contributed by atoms with Gasteiger partial charge in [-0.2, -0.15) is 5.26 Å². The molecule has 0 saturated heterocycles. The predicted octanol–water partition coefficient (Wildman–Crippen LogP) is 4.45. The van der Waals surface area contributed by atoms with Crippen molar-refractivity contribution in [1.29, 1.82) is 5.26 Å². The largest absolute Gasteiger partial charge is 0.449 e. The zero-order chi connectivity index (χ0) is 19.1. The number of nitrogens with zero attached hydrogens (tertiary/aromatic N) is 1. The molecule has 26 heavy (non-hydrogen) atoms. The molecule has 5 nitrogen and oxygen atoms in total. The number of hydrogen-bond acceptors (Lipinski definition) is 4. The quantitative estimate of drug-likeness (QED) is 0.605. The van der Waals surface area contributed by atoms with Crippen molar-refractivity contribution >= 4 is 46.8 Å². The first-order valence-corrected chi connectivity index (χ1v) is 8.29. The van der Waals surface area contributed by atoms with Gasteiger partial charge in [-0.3, -0.25) is 4.79 Å². The third kappa shape index (κ3) is 5.62. The molecule has 1 atom stereocenters. The number of hydrogen-bond donors (Lipinski definition) is 1. The van der Waals surface area contributed by atoms with Crippen molar-refractivity contribution in [2.75, 3.05) is 5.32 Å². The van der Waals surface area contributed by atoms with Gasteiger partial charge >= 0.3 is 5.97 Å². The number of nitrogens with one attached hydrogen (secondary N) is 1. The van der Waals surface area contributed by atoms with Crippen molar-refractivity contribution in [1.82, 2.24) is 0 Å². The molecule has 0 heterocycles. The molecule has 2 aromatic carbocycles. The maximum absolute atomic E-state index is 12.1. The molecule has 7 heteroatoms. The number of halogens is 2. The second-order valence-corrected chi connectivity index (χ2v) is 6.08. The van der Waals surface area contributed by atoms with Crippen LogP contribution in [0.25, 0.3) is 6.08 Å². The molecule has 0 fully saturated rings. The number of nitriles is 1. The summed E-state index contributed by atoms with van der Waals surface area (Å²) < 4.78 is 5.05. The van der Waals surface area contributed by atoms with E-state index in [0.29, 0.717) is 26.9 Å². The molecule has 2 rings (SSSR count). The molecule has 1 unspecified atom stereocenters. The minimum absolute atomic E-state index is 0.370. The van der Waals surface area contributed by atoms with Crippen molar-refractivity contribution in [2.24, 2.45) is 0 Å². The Morgan fingerprint density at radius 3 is 2.65 bits per heavy atom. The number of benzene rings is 2. The molecule has 0 aliphatic heterocycles. The smallest absolute Gasteiger partial charge is 0.331 e. The molecule has 0 aliphatic rings. The van der Waals surface area contributed by atoms with E-state index >= 15 is 0 Å². The molecule has 0 aromatic heterocycles. The second kappa shape index (κ2) is 9.04. The van der Waals surface area contributed by atoms with Crippen molar-refractivity contribution in [3.8, 4) is 6.07 Å². The SMILES string of the molecule is CC(OC(=O)/C=C/c1ccc(Cl)c(Cl)c1)C(=O)Nc1cccc(C#N)c1. The maximum Gasteiger partial charge on any atom is 0.331 e. The number of anilines is 1. The highest BCUT2D eigenvalue weighted by molar-refractivity contribution is 6.42. The molecular formula is C19H14Cl2N2O3. The summed E-state index contributed by atoms with van der Waals surface area (Å²) >= 11 is 11.7. The monoisotopic (exact) mass is 388 g/mol. The van der Waals surface area contributed by atoms with Crippen LogP contribution >= 0.6 is 23.2 Å². The van der Waals surface area contributed by atoms with E-state index in [1.807, 2.05) is 6.07 Å². The van der Waals surface area contributed by atoms with Gasteiger partial charge < -0.3 is 10.1 Å². The van der Waals surface area contributed by atoms with Crippen LogP contribution in [-0.4, -0.2) is 18.0 Å². The first-order chi connectivity index (χ1) is 12.4. The Kier molecular flexibility index (Phi) is 6.79. The predicted molar refractivity (Wildman–Crippen MR) is 101 cm³/mol. The summed E-state index contributed by atoms with van der Waals surface area (Å²) in [5.74, 6) is -1.18. The first-order valence-electron chi connectivity index (χ1n) is 7.54. The average molecular weight is 389 g/mol. The summed E-state index contributed by atoms with van der Waals surface area (Å²) in [7, 11) is 0. The Bertz CT molecular complexity index is 904. The Morgan fingerprint density at radius 2 is 1.96 bits per heavy atom. The molecule has 0 bridgehead atoms. The van der Waals surface area contributed by atoms with Crippen LogP contribution in [0, 0.1) is 11.3 Å². The number of carbonyl (C=O) groups is 2. The Balaban J connectivity index is 1.93. The van der Waals surface area contributed by atoms with Crippen LogP contribution in [0.5, 0.6) is 0 Å². The first kappa shape index (κ1) is 19.5. The number of esters is 1. The van der Waals surface area contributed by atoms with Crippen molar-refractivity contribution in [3.05, 3.63) is 69.7 Å². The molecule has 2 aromatic rings. The van der Waals surface area contributed by atoms with Gasteiger partial charge in [-0.15, -0.1) is 0 Å². The Labute approximate surface area is 160 Å². The van der Waals surface area contributed by atoms with Crippen molar-refractivity contribution in [3.63, 3.8) is 0 Å². The lowest BCUT2D eigenvalue weighted by molar-refractivity contribution is -0.148.